The summed E-state index contributed by atoms with van der Waals surface area (Å²) in [5.74, 6) is -0.322. The van der Waals surface area contributed by atoms with E-state index in [0.717, 1.165) is 37.1 Å². The first kappa shape index (κ1) is 14.2. The SMILES string of the molecule is C=CC(=O)OCCC[N+](CC)(CC)CC. The zero-order valence-electron chi connectivity index (χ0n) is 10.3. The van der Waals surface area contributed by atoms with Gasteiger partial charge in [0.1, 0.15) is 0 Å². The van der Waals surface area contributed by atoms with E-state index in [1.807, 2.05) is 0 Å². The minimum atomic E-state index is -0.322. The van der Waals surface area contributed by atoms with Crippen molar-refractivity contribution in [1.29, 1.82) is 0 Å². The fourth-order valence-corrected chi connectivity index (χ4v) is 1.78. The van der Waals surface area contributed by atoms with Crippen LogP contribution in [-0.2, 0) is 9.53 Å². The highest BCUT2D eigenvalue weighted by atomic mass is 16.5. The fourth-order valence-electron chi connectivity index (χ4n) is 1.78. The molecule has 0 aromatic carbocycles. The molecule has 3 nitrogen and oxygen atoms in total. The van der Waals surface area contributed by atoms with Crippen LogP contribution in [0.1, 0.15) is 27.2 Å². The number of hydrogen-bond donors (Lipinski definition) is 0. The predicted octanol–water partition coefficient (Wildman–Crippen LogP) is 1.98. The Balaban J connectivity index is 3.81. The highest BCUT2D eigenvalue weighted by Gasteiger charge is 2.19. The number of quaternary nitrogens is 1. The van der Waals surface area contributed by atoms with Gasteiger partial charge in [-0.1, -0.05) is 6.58 Å². The van der Waals surface area contributed by atoms with Gasteiger partial charge >= 0.3 is 5.97 Å². The molecule has 0 aliphatic heterocycles. The van der Waals surface area contributed by atoms with Crippen LogP contribution in [0.25, 0.3) is 0 Å². The molecule has 0 saturated carbocycles. The summed E-state index contributed by atoms with van der Waals surface area (Å²) in [5.41, 5.74) is 0. The maximum Gasteiger partial charge on any atom is 0.330 e. The molecular weight excluding hydrogens is 190 g/mol. The lowest BCUT2D eigenvalue weighted by molar-refractivity contribution is -0.923. The van der Waals surface area contributed by atoms with Crippen LogP contribution in [0, 0.1) is 0 Å². The number of ether oxygens (including phenoxy) is 1. The van der Waals surface area contributed by atoms with Crippen molar-refractivity contribution in [1.82, 2.24) is 0 Å². The molecule has 3 heteroatoms. The summed E-state index contributed by atoms with van der Waals surface area (Å²) in [7, 11) is 0. The van der Waals surface area contributed by atoms with Gasteiger partial charge in [0, 0.05) is 12.5 Å². The molecule has 0 spiro atoms. The number of carbonyl (C=O) groups excluding carboxylic acids is 1. The largest absolute Gasteiger partial charge is 0.462 e. The van der Waals surface area contributed by atoms with Gasteiger partial charge < -0.3 is 9.22 Å². The molecule has 0 aliphatic rings. The van der Waals surface area contributed by atoms with Gasteiger partial charge in [0.25, 0.3) is 0 Å². The van der Waals surface area contributed by atoms with Crippen LogP contribution in [0.4, 0.5) is 0 Å². The molecule has 0 aliphatic carbocycles. The van der Waals surface area contributed by atoms with Gasteiger partial charge in [0.2, 0.25) is 0 Å². The van der Waals surface area contributed by atoms with Crippen LogP contribution in [-0.4, -0.2) is 43.2 Å². The topological polar surface area (TPSA) is 26.3 Å². The molecule has 15 heavy (non-hydrogen) atoms. The van der Waals surface area contributed by atoms with Crippen molar-refractivity contribution < 1.29 is 14.0 Å². The lowest BCUT2D eigenvalue weighted by Gasteiger charge is -2.35. The zero-order chi connectivity index (χ0) is 11.7. The Morgan fingerprint density at radius 2 is 1.80 bits per heavy atom. The third kappa shape index (κ3) is 4.98. The Morgan fingerprint density at radius 3 is 2.20 bits per heavy atom. The van der Waals surface area contributed by atoms with E-state index in [2.05, 4.69) is 27.4 Å². The number of nitrogens with zero attached hydrogens (tertiary/aromatic N) is 1. The molecule has 0 saturated heterocycles. The molecule has 0 heterocycles. The summed E-state index contributed by atoms with van der Waals surface area (Å²) in [5, 5.41) is 0. The first-order valence-electron chi connectivity index (χ1n) is 5.78. The molecule has 0 bridgehead atoms. The molecule has 0 aromatic heterocycles. The van der Waals surface area contributed by atoms with Gasteiger partial charge in [-0.2, -0.15) is 0 Å². The van der Waals surface area contributed by atoms with E-state index in [9.17, 15) is 4.79 Å². The third-order valence-corrected chi connectivity index (χ3v) is 3.20. The van der Waals surface area contributed by atoms with Crippen molar-refractivity contribution in [3.63, 3.8) is 0 Å². The minimum absolute atomic E-state index is 0.322. The van der Waals surface area contributed by atoms with Gasteiger partial charge in [0.15, 0.2) is 0 Å². The molecule has 0 atom stereocenters. The molecule has 0 unspecified atom stereocenters. The second-order valence-electron chi connectivity index (χ2n) is 3.74. The molecule has 0 fully saturated rings. The molecule has 0 amide bonds. The number of rotatable bonds is 8. The summed E-state index contributed by atoms with van der Waals surface area (Å²) in [6, 6.07) is 0. The Morgan fingerprint density at radius 1 is 1.27 bits per heavy atom. The summed E-state index contributed by atoms with van der Waals surface area (Å²) in [6.45, 7) is 15.0. The molecule has 88 valence electrons. The normalized spacial score (nSPS) is 11.1. The number of esters is 1. The molecule has 0 N–H and O–H groups in total. The standard InChI is InChI=1S/C12H24NO2/c1-5-12(14)15-11-9-10-13(6-2,7-3)8-4/h5H,1,6-11H2,2-4H3/q+1. The second kappa shape index (κ2) is 7.46. The van der Waals surface area contributed by atoms with Crippen LogP contribution >= 0.6 is 0 Å². The Hall–Kier alpha value is -0.830. The smallest absolute Gasteiger partial charge is 0.330 e. The quantitative estimate of drug-likeness (QED) is 0.267. The van der Waals surface area contributed by atoms with E-state index >= 15 is 0 Å². The van der Waals surface area contributed by atoms with Gasteiger partial charge in [-0.15, -0.1) is 0 Å². The van der Waals surface area contributed by atoms with Crippen LogP contribution in [0.5, 0.6) is 0 Å². The summed E-state index contributed by atoms with van der Waals surface area (Å²) < 4.78 is 6.06. The Kier molecular flexibility index (Phi) is 7.05. The lowest BCUT2D eigenvalue weighted by Crippen LogP contribution is -2.48. The average Bonchev–Trinajstić information content (AvgIpc) is 2.30. The van der Waals surface area contributed by atoms with Gasteiger partial charge in [-0.05, 0) is 20.8 Å². The second-order valence-corrected chi connectivity index (χ2v) is 3.74. The predicted molar refractivity (Wildman–Crippen MR) is 62.5 cm³/mol. The third-order valence-electron chi connectivity index (χ3n) is 3.20. The average molecular weight is 214 g/mol. The van der Waals surface area contributed by atoms with E-state index < -0.39 is 0 Å². The first-order valence-corrected chi connectivity index (χ1v) is 5.78. The fraction of sp³-hybridized carbons (Fsp3) is 0.750. The van der Waals surface area contributed by atoms with Crippen LogP contribution in [0.3, 0.4) is 0 Å². The summed E-state index contributed by atoms with van der Waals surface area (Å²) in [6.07, 6.45) is 2.14. The van der Waals surface area contributed by atoms with E-state index in [-0.39, 0.29) is 5.97 Å². The summed E-state index contributed by atoms with van der Waals surface area (Å²) >= 11 is 0. The maximum absolute atomic E-state index is 10.8. The van der Waals surface area contributed by atoms with E-state index in [1.54, 1.807) is 0 Å². The van der Waals surface area contributed by atoms with Crippen molar-refractivity contribution in [3.05, 3.63) is 12.7 Å². The van der Waals surface area contributed by atoms with E-state index in [4.69, 9.17) is 4.74 Å². The van der Waals surface area contributed by atoms with Crippen molar-refractivity contribution in [2.24, 2.45) is 0 Å². The van der Waals surface area contributed by atoms with Crippen molar-refractivity contribution >= 4 is 5.97 Å². The zero-order valence-corrected chi connectivity index (χ0v) is 10.3. The van der Waals surface area contributed by atoms with Crippen molar-refractivity contribution in [3.8, 4) is 0 Å². The van der Waals surface area contributed by atoms with Gasteiger partial charge in [-0.3, -0.25) is 0 Å². The van der Waals surface area contributed by atoms with E-state index in [0.29, 0.717) is 6.61 Å². The van der Waals surface area contributed by atoms with Crippen molar-refractivity contribution in [2.75, 3.05) is 32.8 Å². The highest BCUT2D eigenvalue weighted by Crippen LogP contribution is 2.07. The molecular formula is C12H24NO2+. The summed E-state index contributed by atoms with van der Waals surface area (Å²) in [4.78, 5) is 10.8. The van der Waals surface area contributed by atoms with Gasteiger partial charge in [-0.25, -0.2) is 4.79 Å². The minimum Gasteiger partial charge on any atom is -0.462 e. The molecule has 0 aromatic rings. The molecule has 0 radical (unpaired) electrons. The Labute approximate surface area is 93.3 Å². The van der Waals surface area contributed by atoms with Gasteiger partial charge in [0.05, 0.1) is 32.8 Å². The number of hydrogen-bond acceptors (Lipinski definition) is 2. The van der Waals surface area contributed by atoms with Crippen LogP contribution in [0.15, 0.2) is 12.7 Å². The van der Waals surface area contributed by atoms with Crippen LogP contribution < -0.4 is 0 Å². The van der Waals surface area contributed by atoms with E-state index in [1.165, 1.54) is 6.08 Å². The maximum atomic E-state index is 10.8. The lowest BCUT2D eigenvalue weighted by atomic mass is 10.3. The monoisotopic (exact) mass is 214 g/mol. The number of carbonyl (C=O) groups is 1. The highest BCUT2D eigenvalue weighted by molar-refractivity contribution is 5.81. The van der Waals surface area contributed by atoms with Crippen LogP contribution in [0.2, 0.25) is 0 Å². The first-order chi connectivity index (χ1) is 7.14. The molecule has 0 rings (SSSR count). The van der Waals surface area contributed by atoms with Crippen molar-refractivity contribution in [2.45, 2.75) is 27.2 Å². The Bertz CT molecular complexity index is 190.